The van der Waals surface area contributed by atoms with Crippen LogP contribution in [0.4, 0.5) is 34.1 Å². The quantitative estimate of drug-likeness (QED) is 0.184. The molecule has 5 aromatic carbocycles. The van der Waals surface area contributed by atoms with Crippen molar-refractivity contribution in [1.82, 2.24) is 0 Å². The van der Waals surface area contributed by atoms with E-state index in [1.807, 2.05) is 0 Å². The molecule has 5 nitrogen and oxygen atoms in total. The summed E-state index contributed by atoms with van der Waals surface area (Å²) < 4.78 is 16.9. The van der Waals surface area contributed by atoms with Crippen molar-refractivity contribution in [1.29, 1.82) is 0 Å². The molecule has 6 heteroatoms. The van der Waals surface area contributed by atoms with E-state index in [-0.39, 0.29) is 6.71 Å². The maximum atomic E-state index is 5.82. The average Bonchev–Trinajstić information content (AvgIpc) is 3.11. The molecule has 0 aromatic heterocycles. The first-order chi connectivity index (χ1) is 22.2. The summed E-state index contributed by atoms with van der Waals surface area (Å²) in [5, 5.41) is 0. The molecular weight excluding hydrogens is 555 g/mol. The second-order valence-electron chi connectivity index (χ2n) is 12.3. The molecule has 224 valence electrons. The lowest BCUT2D eigenvalue weighted by molar-refractivity contribution is 0.414. The molecule has 0 amide bonds. The molecule has 0 spiro atoms. The Morgan fingerprint density at radius 1 is 0.533 bits per heavy atom. The summed E-state index contributed by atoms with van der Waals surface area (Å²) in [6.45, 7) is 0.0562. The Morgan fingerprint density at radius 2 is 1.07 bits per heavy atom. The highest BCUT2D eigenvalue weighted by Gasteiger charge is 2.44. The van der Waals surface area contributed by atoms with Crippen LogP contribution in [-0.4, -0.2) is 28.0 Å². The Labute approximate surface area is 266 Å². The highest BCUT2D eigenvalue weighted by Crippen LogP contribution is 2.47. The molecule has 1 aliphatic carbocycles. The monoisotopic (exact) mass is 592 g/mol. The van der Waals surface area contributed by atoms with Gasteiger partial charge in [0.2, 0.25) is 0 Å². The molecule has 0 N–H and O–H groups in total. The molecule has 0 atom stereocenters. The Kier molecular flexibility index (Phi) is 6.93. The third kappa shape index (κ3) is 4.54. The Bertz CT molecular complexity index is 1850. The molecule has 1 fully saturated rings. The fourth-order valence-corrected chi connectivity index (χ4v) is 7.77. The van der Waals surface area contributed by atoms with Crippen molar-refractivity contribution < 1.29 is 14.2 Å². The van der Waals surface area contributed by atoms with Gasteiger partial charge in [0.1, 0.15) is 17.2 Å². The lowest BCUT2D eigenvalue weighted by Crippen LogP contribution is -2.61. The maximum Gasteiger partial charge on any atom is 0.252 e. The van der Waals surface area contributed by atoms with E-state index in [2.05, 4.69) is 113 Å². The molecule has 0 saturated heterocycles. The Morgan fingerprint density at radius 3 is 1.64 bits per heavy atom. The smallest absolute Gasteiger partial charge is 0.252 e. The molecule has 2 aliphatic heterocycles. The normalized spacial score (nSPS) is 15.2. The van der Waals surface area contributed by atoms with Gasteiger partial charge < -0.3 is 24.0 Å². The van der Waals surface area contributed by atoms with Gasteiger partial charge in [-0.25, -0.2) is 0 Å². The molecule has 0 unspecified atom stereocenters. The highest BCUT2D eigenvalue weighted by atomic mass is 16.5. The van der Waals surface area contributed by atoms with Crippen LogP contribution in [0.25, 0.3) is 0 Å². The predicted molar refractivity (Wildman–Crippen MR) is 186 cm³/mol. The van der Waals surface area contributed by atoms with E-state index in [1.165, 1.54) is 76.8 Å². The van der Waals surface area contributed by atoms with Gasteiger partial charge in [-0.1, -0.05) is 37.5 Å². The fourth-order valence-electron chi connectivity index (χ4n) is 7.77. The lowest BCUT2D eigenvalue weighted by Gasteiger charge is -2.45. The minimum atomic E-state index is 0.0562. The number of fused-ring (bicyclic) bond motifs is 4. The largest absolute Gasteiger partial charge is 0.497 e. The third-order valence-corrected chi connectivity index (χ3v) is 9.94. The van der Waals surface area contributed by atoms with Crippen molar-refractivity contribution in [3.8, 4) is 17.2 Å². The molecule has 0 bridgehead atoms. The molecule has 0 radical (unpaired) electrons. The van der Waals surface area contributed by atoms with Crippen molar-refractivity contribution in [3.63, 3.8) is 0 Å². The number of methoxy groups -OCH3 is 3. The summed E-state index contributed by atoms with van der Waals surface area (Å²) in [5.74, 6) is 3.11. The van der Waals surface area contributed by atoms with Crippen LogP contribution >= 0.6 is 0 Å². The second kappa shape index (κ2) is 11.3. The number of para-hydroxylation sites is 1. The zero-order valence-corrected chi connectivity index (χ0v) is 26.1. The maximum absolute atomic E-state index is 5.82. The van der Waals surface area contributed by atoms with Gasteiger partial charge in [0.05, 0.1) is 21.3 Å². The van der Waals surface area contributed by atoms with Gasteiger partial charge >= 0.3 is 0 Å². The van der Waals surface area contributed by atoms with Crippen molar-refractivity contribution in [2.24, 2.45) is 0 Å². The zero-order valence-electron chi connectivity index (χ0n) is 26.1. The van der Waals surface area contributed by atoms with E-state index in [0.717, 1.165) is 28.6 Å². The number of ether oxygens (including phenoxy) is 3. The summed E-state index contributed by atoms with van der Waals surface area (Å²) in [6, 6.07) is 37.4. The third-order valence-electron chi connectivity index (χ3n) is 9.94. The number of anilines is 6. The minimum absolute atomic E-state index is 0.0562. The van der Waals surface area contributed by atoms with Crippen LogP contribution in [0.3, 0.4) is 0 Å². The van der Waals surface area contributed by atoms with E-state index in [9.17, 15) is 0 Å². The van der Waals surface area contributed by atoms with Gasteiger partial charge in [-0.3, -0.25) is 0 Å². The SMILES string of the molecule is COc1ccc(N2c3ccccc3B3c4cc(OC)ccc4N(c4ccc(OC)cc4)c4cc(C5CCCCC5)cc2c43)cc1. The Hall–Kier alpha value is -4.84. The number of hydrogen-bond donors (Lipinski definition) is 0. The number of nitrogens with zero attached hydrogens (tertiary/aromatic N) is 2. The van der Waals surface area contributed by atoms with Gasteiger partial charge in [-0.2, -0.15) is 0 Å². The van der Waals surface area contributed by atoms with Crippen molar-refractivity contribution >= 4 is 57.2 Å². The van der Waals surface area contributed by atoms with Gasteiger partial charge in [0, 0.05) is 34.1 Å². The average molecular weight is 593 g/mol. The fraction of sp³-hybridized carbons (Fsp3) is 0.231. The first-order valence-electron chi connectivity index (χ1n) is 16.0. The molecule has 8 rings (SSSR count). The summed E-state index contributed by atoms with van der Waals surface area (Å²) >= 11 is 0. The van der Waals surface area contributed by atoms with Crippen LogP contribution in [0, 0.1) is 0 Å². The van der Waals surface area contributed by atoms with E-state index < -0.39 is 0 Å². The van der Waals surface area contributed by atoms with E-state index >= 15 is 0 Å². The number of rotatable bonds is 6. The van der Waals surface area contributed by atoms with Crippen LogP contribution in [0.1, 0.15) is 43.6 Å². The van der Waals surface area contributed by atoms with Crippen molar-refractivity contribution in [2.45, 2.75) is 38.0 Å². The molecule has 2 heterocycles. The van der Waals surface area contributed by atoms with Crippen LogP contribution in [-0.2, 0) is 0 Å². The topological polar surface area (TPSA) is 34.2 Å². The van der Waals surface area contributed by atoms with E-state index in [4.69, 9.17) is 14.2 Å². The summed E-state index contributed by atoms with van der Waals surface area (Å²) in [5.41, 5.74) is 12.4. The van der Waals surface area contributed by atoms with Gasteiger partial charge in [0.25, 0.3) is 6.71 Å². The molecule has 5 aromatic rings. The lowest BCUT2D eigenvalue weighted by atomic mass is 9.33. The molecular formula is C39H37BN2O3. The summed E-state index contributed by atoms with van der Waals surface area (Å²) in [4.78, 5) is 4.92. The number of hydrogen-bond acceptors (Lipinski definition) is 5. The van der Waals surface area contributed by atoms with E-state index in [1.54, 1.807) is 21.3 Å². The van der Waals surface area contributed by atoms with Gasteiger partial charge in [-0.15, -0.1) is 0 Å². The summed E-state index contributed by atoms with van der Waals surface area (Å²) in [6.07, 6.45) is 6.37. The highest BCUT2D eigenvalue weighted by molar-refractivity contribution is 7.00. The Balaban J connectivity index is 1.45. The van der Waals surface area contributed by atoms with Crippen molar-refractivity contribution in [3.05, 3.63) is 109 Å². The predicted octanol–water partition coefficient (Wildman–Crippen LogP) is 7.84. The summed E-state index contributed by atoms with van der Waals surface area (Å²) in [7, 11) is 5.19. The van der Waals surface area contributed by atoms with Crippen LogP contribution in [0.15, 0.2) is 103 Å². The van der Waals surface area contributed by atoms with Crippen LogP contribution in [0.2, 0.25) is 0 Å². The van der Waals surface area contributed by atoms with E-state index in [0.29, 0.717) is 5.92 Å². The van der Waals surface area contributed by atoms with Crippen molar-refractivity contribution in [2.75, 3.05) is 31.1 Å². The first kappa shape index (κ1) is 27.7. The zero-order chi connectivity index (χ0) is 30.5. The molecule has 45 heavy (non-hydrogen) atoms. The van der Waals surface area contributed by atoms with Crippen LogP contribution in [0.5, 0.6) is 17.2 Å². The van der Waals surface area contributed by atoms with Crippen LogP contribution < -0.4 is 40.4 Å². The van der Waals surface area contributed by atoms with Gasteiger partial charge in [-0.05, 0) is 126 Å². The minimum Gasteiger partial charge on any atom is -0.497 e. The second-order valence-corrected chi connectivity index (χ2v) is 12.3. The first-order valence-corrected chi connectivity index (χ1v) is 16.0. The number of benzene rings is 5. The molecule has 1 saturated carbocycles. The standard InChI is InChI=1S/C39H37BN2O3/c1-43-30-17-13-28(14-18-30)41-35-12-8-7-11-33(35)40-34-25-32(45-3)21-22-36(34)42(29-15-19-31(44-2)20-16-29)38-24-27(23-37(41)39(38)40)26-9-5-4-6-10-26/h7-8,11-26H,4-6,9-10H2,1-3H3. The molecule has 3 aliphatic rings. The van der Waals surface area contributed by atoms with Gasteiger partial charge in [0.15, 0.2) is 0 Å².